The van der Waals surface area contributed by atoms with Gasteiger partial charge in [0.15, 0.2) is 5.82 Å². The predicted octanol–water partition coefficient (Wildman–Crippen LogP) is 3.20. The average Bonchev–Trinajstić information content (AvgIpc) is 3.41. The molecule has 5 rings (SSSR count). The molecule has 2 heterocycles. The SMILES string of the molecule is CC(C(=O)Nc1ccc2c(c1)Cc1ccccc1-2)n1nc(-n2cccn2)ccc1=O. The van der Waals surface area contributed by atoms with Crippen LogP contribution >= 0.6 is 0 Å². The molecule has 0 aliphatic heterocycles. The summed E-state index contributed by atoms with van der Waals surface area (Å²) in [4.78, 5) is 25.2. The van der Waals surface area contributed by atoms with Crippen LogP contribution in [0.1, 0.15) is 24.1 Å². The van der Waals surface area contributed by atoms with Crippen molar-refractivity contribution in [1.29, 1.82) is 0 Å². The molecule has 4 aromatic rings. The number of benzene rings is 2. The van der Waals surface area contributed by atoms with Crippen LogP contribution in [-0.2, 0) is 11.2 Å². The molecule has 7 nitrogen and oxygen atoms in total. The average molecular weight is 397 g/mol. The zero-order chi connectivity index (χ0) is 20.7. The van der Waals surface area contributed by atoms with E-state index in [1.807, 2.05) is 30.3 Å². The summed E-state index contributed by atoms with van der Waals surface area (Å²) in [6.45, 7) is 1.65. The first-order chi connectivity index (χ1) is 14.6. The number of hydrogen-bond acceptors (Lipinski definition) is 4. The van der Waals surface area contributed by atoms with Crippen LogP contribution in [0.3, 0.4) is 0 Å². The third-order valence-electron chi connectivity index (χ3n) is 5.36. The summed E-state index contributed by atoms with van der Waals surface area (Å²) in [7, 11) is 0. The number of nitrogens with one attached hydrogen (secondary N) is 1. The van der Waals surface area contributed by atoms with E-state index < -0.39 is 6.04 Å². The summed E-state index contributed by atoms with van der Waals surface area (Å²) in [5.41, 5.74) is 5.26. The number of carbonyl (C=O) groups is 1. The largest absolute Gasteiger partial charge is 0.324 e. The Hall–Kier alpha value is -4.00. The van der Waals surface area contributed by atoms with Gasteiger partial charge in [0.25, 0.3) is 5.56 Å². The molecule has 2 aromatic heterocycles. The lowest BCUT2D eigenvalue weighted by atomic mass is 10.1. The van der Waals surface area contributed by atoms with E-state index in [1.165, 1.54) is 33.0 Å². The lowest BCUT2D eigenvalue weighted by Gasteiger charge is -2.15. The first kappa shape index (κ1) is 18.1. The molecule has 0 fully saturated rings. The van der Waals surface area contributed by atoms with Crippen molar-refractivity contribution < 1.29 is 4.79 Å². The number of aromatic nitrogens is 4. The number of amides is 1. The Labute approximate surface area is 172 Å². The highest BCUT2D eigenvalue weighted by Crippen LogP contribution is 2.37. The summed E-state index contributed by atoms with van der Waals surface area (Å²) >= 11 is 0. The predicted molar refractivity (Wildman–Crippen MR) is 114 cm³/mol. The first-order valence-electron chi connectivity index (χ1n) is 9.72. The van der Waals surface area contributed by atoms with E-state index in [-0.39, 0.29) is 11.5 Å². The van der Waals surface area contributed by atoms with Crippen LogP contribution in [0.2, 0.25) is 0 Å². The van der Waals surface area contributed by atoms with E-state index in [9.17, 15) is 9.59 Å². The zero-order valence-electron chi connectivity index (χ0n) is 16.3. The van der Waals surface area contributed by atoms with Crippen molar-refractivity contribution >= 4 is 11.6 Å². The maximum absolute atomic E-state index is 12.8. The molecule has 1 atom stereocenters. The Morgan fingerprint density at radius 2 is 1.87 bits per heavy atom. The number of rotatable bonds is 4. The fourth-order valence-corrected chi connectivity index (χ4v) is 3.80. The molecule has 148 valence electrons. The third kappa shape index (κ3) is 3.10. The van der Waals surface area contributed by atoms with Crippen LogP contribution < -0.4 is 10.9 Å². The van der Waals surface area contributed by atoms with Crippen LogP contribution in [0.4, 0.5) is 5.69 Å². The van der Waals surface area contributed by atoms with Gasteiger partial charge in [-0.3, -0.25) is 9.59 Å². The van der Waals surface area contributed by atoms with Crippen molar-refractivity contribution in [1.82, 2.24) is 19.6 Å². The van der Waals surface area contributed by atoms with Crippen molar-refractivity contribution in [3.05, 3.63) is 94.5 Å². The molecule has 7 heteroatoms. The monoisotopic (exact) mass is 397 g/mol. The number of fused-ring (bicyclic) bond motifs is 3. The van der Waals surface area contributed by atoms with Gasteiger partial charge in [-0.05, 0) is 59.9 Å². The van der Waals surface area contributed by atoms with Gasteiger partial charge >= 0.3 is 0 Å². The lowest BCUT2D eigenvalue weighted by molar-refractivity contribution is -0.119. The second-order valence-corrected chi connectivity index (χ2v) is 7.30. The maximum Gasteiger partial charge on any atom is 0.267 e. The first-order valence-corrected chi connectivity index (χ1v) is 9.72. The third-order valence-corrected chi connectivity index (χ3v) is 5.36. The molecule has 0 saturated carbocycles. The molecular formula is C23H19N5O2. The fourth-order valence-electron chi connectivity index (χ4n) is 3.80. The van der Waals surface area contributed by atoms with Gasteiger partial charge in [0.05, 0.1) is 0 Å². The van der Waals surface area contributed by atoms with E-state index in [0.717, 1.165) is 6.42 Å². The van der Waals surface area contributed by atoms with Gasteiger partial charge < -0.3 is 5.32 Å². The molecule has 0 bridgehead atoms. The number of anilines is 1. The van der Waals surface area contributed by atoms with E-state index in [2.05, 4.69) is 27.6 Å². The van der Waals surface area contributed by atoms with E-state index in [0.29, 0.717) is 11.5 Å². The number of hydrogen-bond donors (Lipinski definition) is 1. The molecule has 1 aliphatic rings. The van der Waals surface area contributed by atoms with Crippen molar-refractivity contribution in [2.75, 3.05) is 5.32 Å². The zero-order valence-corrected chi connectivity index (χ0v) is 16.3. The van der Waals surface area contributed by atoms with Gasteiger partial charge in [-0.15, -0.1) is 5.10 Å². The Morgan fingerprint density at radius 3 is 2.70 bits per heavy atom. The summed E-state index contributed by atoms with van der Waals surface area (Å²) in [6.07, 6.45) is 4.20. The molecule has 0 radical (unpaired) electrons. The van der Waals surface area contributed by atoms with E-state index in [1.54, 1.807) is 36.1 Å². The Kier molecular flexibility index (Phi) is 4.28. The molecule has 1 amide bonds. The number of nitrogens with zero attached hydrogens (tertiary/aromatic N) is 4. The van der Waals surface area contributed by atoms with Crippen LogP contribution in [0.5, 0.6) is 0 Å². The quantitative estimate of drug-likeness (QED) is 0.505. The van der Waals surface area contributed by atoms with Gasteiger partial charge in [-0.2, -0.15) is 5.10 Å². The highest BCUT2D eigenvalue weighted by molar-refractivity contribution is 5.94. The normalized spacial score (nSPS) is 12.8. The Morgan fingerprint density at radius 1 is 1.03 bits per heavy atom. The smallest absolute Gasteiger partial charge is 0.267 e. The second-order valence-electron chi connectivity index (χ2n) is 7.30. The van der Waals surface area contributed by atoms with Crippen LogP contribution in [-0.4, -0.2) is 25.5 Å². The van der Waals surface area contributed by atoms with E-state index >= 15 is 0 Å². The summed E-state index contributed by atoms with van der Waals surface area (Å²) < 4.78 is 2.72. The van der Waals surface area contributed by atoms with Crippen molar-refractivity contribution in [2.24, 2.45) is 0 Å². The Balaban J connectivity index is 1.38. The molecule has 0 spiro atoms. The minimum atomic E-state index is -0.779. The lowest BCUT2D eigenvalue weighted by Crippen LogP contribution is -2.33. The molecule has 0 saturated heterocycles. The topological polar surface area (TPSA) is 81.8 Å². The maximum atomic E-state index is 12.8. The van der Waals surface area contributed by atoms with Gasteiger partial charge in [0.1, 0.15) is 6.04 Å². The summed E-state index contributed by atoms with van der Waals surface area (Å²) in [5.74, 6) is 0.159. The van der Waals surface area contributed by atoms with Crippen LogP contribution in [0, 0.1) is 0 Å². The van der Waals surface area contributed by atoms with Gasteiger partial charge in [-0.1, -0.05) is 30.3 Å². The second kappa shape index (κ2) is 7.11. The van der Waals surface area contributed by atoms with Gasteiger partial charge in [0.2, 0.25) is 5.91 Å². The van der Waals surface area contributed by atoms with Gasteiger partial charge in [0, 0.05) is 24.1 Å². The minimum absolute atomic E-state index is 0.308. The standard InChI is InChI=1S/C23H19N5O2/c1-15(28-22(29)10-9-21(26-28)27-12-4-11-24-27)23(30)25-18-7-8-20-17(14-18)13-16-5-2-3-6-19(16)20/h2-12,14-15H,13H2,1H3,(H,25,30). The molecule has 1 unspecified atom stereocenters. The van der Waals surface area contributed by atoms with Crippen molar-refractivity contribution in [2.45, 2.75) is 19.4 Å². The van der Waals surface area contributed by atoms with Crippen LogP contribution in [0.15, 0.2) is 77.9 Å². The summed E-state index contributed by atoms with van der Waals surface area (Å²) in [5, 5.41) is 11.3. The highest BCUT2D eigenvalue weighted by Gasteiger charge is 2.21. The molecule has 30 heavy (non-hydrogen) atoms. The minimum Gasteiger partial charge on any atom is -0.324 e. The molecule has 1 N–H and O–H groups in total. The fraction of sp³-hybridized carbons (Fsp3) is 0.130. The Bertz CT molecular complexity index is 1310. The molecular weight excluding hydrogens is 378 g/mol. The van der Waals surface area contributed by atoms with Crippen LogP contribution in [0.25, 0.3) is 16.9 Å². The van der Waals surface area contributed by atoms with E-state index in [4.69, 9.17) is 0 Å². The number of carbonyl (C=O) groups excluding carboxylic acids is 1. The molecule has 1 aliphatic carbocycles. The van der Waals surface area contributed by atoms with Crippen molar-refractivity contribution in [3.63, 3.8) is 0 Å². The summed E-state index contributed by atoms with van der Waals surface area (Å²) in [6, 6.07) is 18.2. The van der Waals surface area contributed by atoms with Crippen molar-refractivity contribution in [3.8, 4) is 16.9 Å². The van der Waals surface area contributed by atoms with Gasteiger partial charge in [-0.25, -0.2) is 9.36 Å². The highest BCUT2D eigenvalue weighted by atomic mass is 16.2. The molecule has 2 aromatic carbocycles.